The van der Waals surface area contributed by atoms with Crippen molar-refractivity contribution in [3.05, 3.63) is 11.5 Å². The Bertz CT molecular complexity index is 298. The molecule has 0 aromatic carbocycles. The second-order valence-corrected chi connectivity index (χ2v) is 5.87. The molecule has 1 saturated carbocycles. The number of hydrogen-bond acceptors (Lipinski definition) is 3. The van der Waals surface area contributed by atoms with Crippen LogP contribution < -0.4 is 0 Å². The van der Waals surface area contributed by atoms with E-state index in [0.717, 1.165) is 25.7 Å². The minimum absolute atomic E-state index is 0.0967. The molecule has 0 aromatic heterocycles. The van der Waals surface area contributed by atoms with E-state index in [1.807, 2.05) is 13.8 Å². The molecule has 0 aromatic rings. The van der Waals surface area contributed by atoms with Gasteiger partial charge in [-0.3, -0.25) is 4.18 Å². The Morgan fingerprint density at radius 2 is 1.80 bits per heavy atom. The first-order chi connectivity index (χ1) is 6.99. The quantitative estimate of drug-likeness (QED) is 0.700. The summed E-state index contributed by atoms with van der Waals surface area (Å²) in [4.78, 5) is 0. The van der Waals surface area contributed by atoms with Crippen LogP contribution in [0.2, 0.25) is 0 Å². The van der Waals surface area contributed by atoms with E-state index in [9.17, 15) is 8.42 Å². The largest absolute Gasteiger partial charge is 0.290 e. The molecular weight excluding hydrogens is 212 g/mol. The molecule has 1 aliphatic rings. The van der Waals surface area contributed by atoms with Gasteiger partial charge < -0.3 is 0 Å². The minimum Gasteiger partial charge on any atom is -0.263 e. The van der Waals surface area contributed by atoms with E-state index >= 15 is 0 Å². The summed E-state index contributed by atoms with van der Waals surface area (Å²) in [5.74, 6) is 0.231. The predicted molar refractivity (Wildman–Crippen MR) is 60.9 cm³/mol. The van der Waals surface area contributed by atoms with Gasteiger partial charge in [0.2, 0.25) is 0 Å². The topological polar surface area (TPSA) is 43.4 Å². The maximum absolute atomic E-state index is 11.5. The molecule has 1 aliphatic carbocycles. The van der Waals surface area contributed by atoms with E-state index in [0.29, 0.717) is 0 Å². The van der Waals surface area contributed by atoms with Crippen LogP contribution in [0.1, 0.15) is 46.0 Å². The minimum atomic E-state index is -3.46. The molecule has 0 aliphatic heterocycles. The van der Waals surface area contributed by atoms with E-state index in [-0.39, 0.29) is 12.0 Å². The average molecular weight is 232 g/mol. The normalized spacial score (nSPS) is 20.2. The summed E-state index contributed by atoms with van der Waals surface area (Å²) in [7, 11) is -3.46. The Kier molecular flexibility index (Phi) is 4.80. The lowest BCUT2D eigenvalue weighted by molar-refractivity contribution is 0.165. The highest BCUT2D eigenvalue weighted by molar-refractivity contribution is 7.89. The van der Waals surface area contributed by atoms with Gasteiger partial charge in [0.1, 0.15) is 0 Å². The molecule has 0 radical (unpaired) electrons. The van der Waals surface area contributed by atoms with Gasteiger partial charge in [-0.1, -0.05) is 39.2 Å². The van der Waals surface area contributed by atoms with Crippen LogP contribution in [-0.4, -0.2) is 14.5 Å². The van der Waals surface area contributed by atoms with E-state index in [4.69, 9.17) is 4.18 Å². The molecule has 0 saturated heterocycles. The van der Waals surface area contributed by atoms with Crippen LogP contribution in [0.5, 0.6) is 0 Å². The van der Waals surface area contributed by atoms with Crippen molar-refractivity contribution in [3.63, 3.8) is 0 Å². The lowest BCUT2D eigenvalue weighted by Gasteiger charge is -2.20. The maximum Gasteiger partial charge on any atom is 0.290 e. The summed E-state index contributed by atoms with van der Waals surface area (Å²) >= 11 is 0. The van der Waals surface area contributed by atoms with Crippen LogP contribution in [0.4, 0.5) is 0 Å². The van der Waals surface area contributed by atoms with Crippen molar-refractivity contribution in [1.82, 2.24) is 0 Å². The van der Waals surface area contributed by atoms with Crippen LogP contribution in [0.25, 0.3) is 0 Å². The molecule has 0 bridgehead atoms. The predicted octanol–water partition coefficient (Wildman–Crippen LogP) is 2.84. The third kappa shape index (κ3) is 5.33. The standard InChI is InChI=1S/C11H20O3S/c1-10(2)8-9-15(12,13)14-11-6-4-3-5-7-11/h8-11H,3-7H2,1-2H3/b9-8+. The van der Waals surface area contributed by atoms with Crippen molar-refractivity contribution in [2.75, 3.05) is 0 Å². The molecule has 0 heterocycles. The zero-order chi connectivity index (χ0) is 11.3. The van der Waals surface area contributed by atoms with E-state index in [1.165, 1.54) is 11.8 Å². The highest BCUT2D eigenvalue weighted by atomic mass is 32.2. The third-order valence-corrected chi connectivity index (χ3v) is 3.48. The van der Waals surface area contributed by atoms with Crippen molar-refractivity contribution >= 4 is 10.1 Å². The van der Waals surface area contributed by atoms with Gasteiger partial charge in [0.15, 0.2) is 0 Å². The second-order valence-electron chi connectivity index (χ2n) is 4.42. The Labute approximate surface area is 92.6 Å². The van der Waals surface area contributed by atoms with Crippen LogP contribution >= 0.6 is 0 Å². The molecule has 4 heteroatoms. The fraction of sp³-hybridized carbons (Fsp3) is 0.818. The first kappa shape index (κ1) is 12.7. The van der Waals surface area contributed by atoms with Gasteiger partial charge in [-0.2, -0.15) is 8.42 Å². The van der Waals surface area contributed by atoms with Crippen molar-refractivity contribution in [2.24, 2.45) is 5.92 Å². The van der Waals surface area contributed by atoms with Crippen molar-refractivity contribution in [2.45, 2.75) is 52.1 Å². The number of hydrogen-bond donors (Lipinski definition) is 0. The molecular formula is C11H20O3S. The van der Waals surface area contributed by atoms with Crippen LogP contribution in [0.15, 0.2) is 11.5 Å². The zero-order valence-electron chi connectivity index (χ0n) is 9.48. The Balaban J connectivity index is 2.48. The Morgan fingerprint density at radius 3 is 2.33 bits per heavy atom. The summed E-state index contributed by atoms with van der Waals surface area (Å²) in [5, 5.41) is 1.19. The Hall–Kier alpha value is -0.350. The second kappa shape index (κ2) is 5.66. The van der Waals surface area contributed by atoms with Crippen molar-refractivity contribution in [1.29, 1.82) is 0 Å². The zero-order valence-corrected chi connectivity index (χ0v) is 10.3. The van der Waals surface area contributed by atoms with Crippen molar-refractivity contribution in [3.8, 4) is 0 Å². The van der Waals surface area contributed by atoms with Crippen LogP contribution in [0.3, 0.4) is 0 Å². The van der Waals surface area contributed by atoms with Gasteiger partial charge >= 0.3 is 0 Å². The SMILES string of the molecule is CC(C)/C=C/S(=O)(=O)OC1CCCCC1. The molecule has 0 atom stereocenters. The van der Waals surface area contributed by atoms with Crippen LogP contribution in [-0.2, 0) is 14.3 Å². The van der Waals surface area contributed by atoms with E-state index in [2.05, 4.69) is 0 Å². The first-order valence-electron chi connectivity index (χ1n) is 5.61. The molecule has 0 amide bonds. The smallest absolute Gasteiger partial charge is 0.263 e. The molecule has 88 valence electrons. The highest BCUT2D eigenvalue weighted by Gasteiger charge is 2.19. The molecule has 1 fully saturated rings. The van der Waals surface area contributed by atoms with Gasteiger partial charge in [-0.05, 0) is 18.8 Å². The third-order valence-electron chi connectivity index (χ3n) is 2.45. The number of allylic oxidation sites excluding steroid dienone is 1. The molecule has 0 spiro atoms. The average Bonchev–Trinajstić information content (AvgIpc) is 2.16. The Morgan fingerprint density at radius 1 is 1.20 bits per heavy atom. The van der Waals surface area contributed by atoms with Gasteiger partial charge in [0, 0.05) is 0 Å². The monoisotopic (exact) mass is 232 g/mol. The fourth-order valence-electron chi connectivity index (χ4n) is 1.64. The highest BCUT2D eigenvalue weighted by Crippen LogP contribution is 2.22. The first-order valence-corrected chi connectivity index (χ1v) is 7.08. The lowest BCUT2D eigenvalue weighted by Crippen LogP contribution is -2.19. The molecule has 15 heavy (non-hydrogen) atoms. The van der Waals surface area contributed by atoms with Crippen LogP contribution in [0, 0.1) is 5.92 Å². The molecule has 0 unspecified atom stereocenters. The van der Waals surface area contributed by atoms with Gasteiger partial charge in [-0.15, -0.1) is 0 Å². The fourth-order valence-corrected chi connectivity index (χ4v) is 2.78. The summed E-state index contributed by atoms with van der Waals surface area (Å²) in [5.41, 5.74) is 0. The number of rotatable bonds is 4. The maximum atomic E-state index is 11.5. The van der Waals surface area contributed by atoms with E-state index < -0.39 is 10.1 Å². The lowest BCUT2D eigenvalue weighted by atomic mass is 9.98. The van der Waals surface area contributed by atoms with Crippen molar-refractivity contribution < 1.29 is 12.6 Å². The summed E-state index contributed by atoms with van der Waals surface area (Å²) < 4.78 is 28.1. The molecule has 0 N–H and O–H groups in total. The molecule has 3 nitrogen and oxygen atoms in total. The van der Waals surface area contributed by atoms with Gasteiger partial charge in [0.25, 0.3) is 10.1 Å². The van der Waals surface area contributed by atoms with E-state index in [1.54, 1.807) is 6.08 Å². The molecule has 1 rings (SSSR count). The summed E-state index contributed by atoms with van der Waals surface area (Å²) in [6.45, 7) is 3.87. The van der Waals surface area contributed by atoms with Gasteiger partial charge in [0.05, 0.1) is 11.5 Å². The van der Waals surface area contributed by atoms with Gasteiger partial charge in [-0.25, -0.2) is 0 Å². The summed E-state index contributed by atoms with van der Waals surface area (Å²) in [6.07, 6.45) is 6.64. The summed E-state index contributed by atoms with van der Waals surface area (Å²) in [6, 6.07) is 0.